The van der Waals surface area contributed by atoms with Gasteiger partial charge >= 0.3 is 0 Å². The van der Waals surface area contributed by atoms with Gasteiger partial charge in [-0.15, -0.1) is 12.4 Å². The first-order chi connectivity index (χ1) is 15.1. The predicted molar refractivity (Wildman–Crippen MR) is 128 cm³/mol. The molecule has 6 nitrogen and oxygen atoms in total. The lowest BCUT2D eigenvalue weighted by Crippen LogP contribution is -2.48. The van der Waals surface area contributed by atoms with Gasteiger partial charge in [-0.3, -0.25) is 9.59 Å². The molecule has 0 radical (unpaired) electrons. The molecule has 0 spiro atoms. The highest BCUT2D eigenvalue weighted by atomic mass is 35.5. The topological polar surface area (TPSA) is 79.5 Å². The Morgan fingerprint density at radius 3 is 2.50 bits per heavy atom. The fraction of sp³-hybridized carbons (Fsp3) is 0.440. The van der Waals surface area contributed by atoms with Crippen molar-refractivity contribution in [3.8, 4) is 5.75 Å². The zero-order chi connectivity index (χ0) is 21.6. The maximum Gasteiger partial charge on any atom is 0.237 e. The molecular formula is C25H32ClN3O3. The predicted octanol–water partition coefficient (Wildman–Crippen LogP) is 3.69. The van der Waals surface area contributed by atoms with E-state index in [2.05, 4.69) is 28.1 Å². The second kappa shape index (κ2) is 11.3. The SMILES string of the molecule is COc1cccc(NC(=O)C2CCC(CNC(=O)[C@@H]3Cc4ccccc4CN3)CC2)c1.Cl. The van der Waals surface area contributed by atoms with Crippen LogP contribution >= 0.6 is 12.4 Å². The van der Waals surface area contributed by atoms with Crippen LogP contribution in [0, 0.1) is 11.8 Å². The molecule has 1 atom stereocenters. The first-order valence-corrected chi connectivity index (χ1v) is 11.1. The summed E-state index contributed by atoms with van der Waals surface area (Å²) in [5.41, 5.74) is 3.29. The van der Waals surface area contributed by atoms with Crippen LogP contribution in [0.5, 0.6) is 5.75 Å². The number of ether oxygens (including phenoxy) is 1. The maximum atomic E-state index is 12.6. The fourth-order valence-corrected chi connectivity index (χ4v) is 4.58. The third-order valence-electron chi connectivity index (χ3n) is 6.52. The quantitative estimate of drug-likeness (QED) is 0.618. The first kappa shape index (κ1) is 24.1. The van der Waals surface area contributed by atoms with Gasteiger partial charge in [0.15, 0.2) is 0 Å². The van der Waals surface area contributed by atoms with Crippen molar-refractivity contribution in [1.82, 2.24) is 10.6 Å². The molecule has 2 aromatic carbocycles. The number of nitrogens with one attached hydrogen (secondary N) is 3. The molecule has 2 aliphatic rings. The second-order valence-corrected chi connectivity index (χ2v) is 8.59. The normalized spacial score (nSPS) is 22.1. The van der Waals surface area contributed by atoms with E-state index in [0.29, 0.717) is 12.5 Å². The summed E-state index contributed by atoms with van der Waals surface area (Å²) in [6.45, 7) is 1.42. The number of hydrogen-bond donors (Lipinski definition) is 3. The molecule has 32 heavy (non-hydrogen) atoms. The molecule has 3 N–H and O–H groups in total. The van der Waals surface area contributed by atoms with Crippen LogP contribution in [0.3, 0.4) is 0 Å². The Bertz CT molecular complexity index is 928. The highest BCUT2D eigenvalue weighted by Crippen LogP contribution is 2.30. The van der Waals surface area contributed by atoms with Crippen molar-refractivity contribution in [2.24, 2.45) is 11.8 Å². The number of carbonyl (C=O) groups excluding carboxylic acids is 2. The molecular weight excluding hydrogens is 426 g/mol. The Morgan fingerprint density at radius 1 is 1.00 bits per heavy atom. The third kappa shape index (κ3) is 6.02. The van der Waals surface area contributed by atoms with Crippen LogP contribution in [0.4, 0.5) is 5.69 Å². The van der Waals surface area contributed by atoms with Crippen molar-refractivity contribution in [1.29, 1.82) is 0 Å². The summed E-state index contributed by atoms with van der Waals surface area (Å²) >= 11 is 0. The average Bonchev–Trinajstić information content (AvgIpc) is 2.82. The Balaban J connectivity index is 0.00000289. The number of rotatable bonds is 6. The van der Waals surface area contributed by atoms with Crippen LogP contribution in [0.15, 0.2) is 48.5 Å². The minimum absolute atomic E-state index is 0. The van der Waals surface area contributed by atoms with E-state index in [9.17, 15) is 9.59 Å². The summed E-state index contributed by atoms with van der Waals surface area (Å²) in [5.74, 6) is 1.33. The molecule has 1 fully saturated rings. The number of hydrogen-bond acceptors (Lipinski definition) is 4. The molecule has 1 aliphatic carbocycles. The number of methoxy groups -OCH3 is 1. The molecule has 1 heterocycles. The second-order valence-electron chi connectivity index (χ2n) is 8.59. The highest BCUT2D eigenvalue weighted by Gasteiger charge is 2.28. The van der Waals surface area contributed by atoms with Crippen LogP contribution in [0.25, 0.3) is 0 Å². The van der Waals surface area contributed by atoms with Crippen LogP contribution in [-0.2, 0) is 22.6 Å². The molecule has 2 amide bonds. The smallest absolute Gasteiger partial charge is 0.237 e. The van der Waals surface area contributed by atoms with Crippen molar-refractivity contribution in [2.45, 2.75) is 44.7 Å². The van der Waals surface area contributed by atoms with Crippen LogP contribution < -0.4 is 20.7 Å². The monoisotopic (exact) mass is 457 g/mol. The summed E-state index contributed by atoms with van der Waals surface area (Å²) in [7, 11) is 1.62. The van der Waals surface area contributed by atoms with Gasteiger partial charge in [0.25, 0.3) is 0 Å². The van der Waals surface area contributed by atoms with Gasteiger partial charge < -0.3 is 20.7 Å². The first-order valence-electron chi connectivity index (χ1n) is 11.1. The molecule has 1 aliphatic heterocycles. The van der Waals surface area contributed by atoms with Gasteiger partial charge in [-0.25, -0.2) is 0 Å². The van der Waals surface area contributed by atoms with Crippen LogP contribution in [0.2, 0.25) is 0 Å². The largest absolute Gasteiger partial charge is 0.497 e. The van der Waals surface area contributed by atoms with Gasteiger partial charge in [0.1, 0.15) is 5.75 Å². The van der Waals surface area contributed by atoms with E-state index in [-0.39, 0.29) is 36.2 Å². The van der Waals surface area contributed by atoms with E-state index in [1.54, 1.807) is 7.11 Å². The summed E-state index contributed by atoms with van der Waals surface area (Å²) in [4.78, 5) is 25.2. The zero-order valence-electron chi connectivity index (χ0n) is 18.4. The van der Waals surface area contributed by atoms with Crippen molar-refractivity contribution >= 4 is 29.9 Å². The number of amides is 2. The van der Waals surface area contributed by atoms with Gasteiger partial charge in [0.05, 0.1) is 13.2 Å². The highest BCUT2D eigenvalue weighted by molar-refractivity contribution is 5.92. The zero-order valence-corrected chi connectivity index (χ0v) is 19.3. The summed E-state index contributed by atoms with van der Waals surface area (Å²) in [5, 5.41) is 9.48. The average molecular weight is 458 g/mol. The molecule has 0 saturated heterocycles. The van der Waals surface area contributed by atoms with Crippen molar-refractivity contribution in [3.05, 3.63) is 59.7 Å². The molecule has 0 bridgehead atoms. The van der Waals surface area contributed by atoms with E-state index in [1.165, 1.54) is 11.1 Å². The van der Waals surface area contributed by atoms with E-state index in [0.717, 1.165) is 50.1 Å². The number of anilines is 1. The van der Waals surface area contributed by atoms with Gasteiger partial charge in [-0.2, -0.15) is 0 Å². The number of halogens is 1. The summed E-state index contributed by atoms with van der Waals surface area (Å²) in [6, 6.07) is 15.5. The van der Waals surface area contributed by atoms with Crippen molar-refractivity contribution < 1.29 is 14.3 Å². The molecule has 0 unspecified atom stereocenters. The molecule has 172 valence electrons. The standard InChI is InChI=1S/C25H31N3O3.ClH/c1-31-22-8-4-7-21(14-22)28-24(29)18-11-9-17(10-12-18)15-27-25(30)23-13-19-5-2-3-6-20(19)16-26-23;/h2-8,14,17-18,23,26H,9-13,15-16H2,1H3,(H,27,30)(H,28,29);1H/t17?,18?,23-;/m0./s1. The molecule has 4 rings (SSSR count). The Hall–Kier alpha value is -2.57. The lowest BCUT2D eigenvalue weighted by Gasteiger charge is -2.29. The number of fused-ring (bicyclic) bond motifs is 1. The van der Waals surface area contributed by atoms with Gasteiger partial charge in [0, 0.05) is 30.8 Å². The molecule has 7 heteroatoms. The van der Waals surface area contributed by atoms with E-state index in [1.807, 2.05) is 36.4 Å². The van der Waals surface area contributed by atoms with Crippen molar-refractivity contribution in [2.75, 3.05) is 19.0 Å². The van der Waals surface area contributed by atoms with E-state index >= 15 is 0 Å². The molecule has 0 aromatic heterocycles. The lowest BCUT2D eigenvalue weighted by molar-refractivity contribution is -0.124. The Morgan fingerprint density at radius 2 is 1.75 bits per heavy atom. The van der Waals surface area contributed by atoms with Gasteiger partial charge in [-0.05, 0) is 61.3 Å². The Labute approximate surface area is 195 Å². The lowest BCUT2D eigenvalue weighted by atomic mass is 9.81. The maximum absolute atomic E-state index is 12.6. The van der Waals surface area contributed by atoms with Crippen LogP contribution in [-0.4, -0.2) is 31.5 Å². The number of carbonyl (C=O) groups is 2. The Kier molecular flexibility index (Phi) is 8.53. The third-order valence-corrected chi connectivity index (χ3v) is 6.52. The van der Waals surface area contributed by atoms with Crippen molar-refractivity contribution in [3.63, 3.8) is 0 Å². The summed E-state index contributed by atoms with van der Waals surface area (Å²) in [6.07, 6.45) is 4.35. The molecule has 2 aromatic rings. The fourth-order valence-electron chi connectivity index (χ4n) is 4.58. The number of benzene rings is 2. The van der Waals surface area contributed by atoms with Gasteiger partial charge in [0.2, 0.25) is 11.8 Å². The van der Waals surface area contributed by atoms with Gasteiger partial charge in [-0.1, -0.05) is 30.3 Å². The minimum Gasteiger partial charge on any atom is -0.497 e. The minimum atomic E-state index is -0.167. The van der Waals surface area contributed by atoms with E-state index < -0.39 is 0 Å². The summed E-state index contributed by atoms with van der Waals surface area (Å²) < 4.78 is 5.21. The van der Waals surface area contributed by atoms with Crippen LogP contribution in [0.1, 0.15) is 36.8 Å². The van der Waals surface area contributed by atoms with E-state index in [4.69, 9.17) is 4.74 Å². The molecule has 1 saturated carbocycles.